The van der Waals surface area contributed by atoms with Crippen molar-refractivity contribution in [1.29, 1.82) is 0 Å². The van der Waals surface area contributed by atoms with Crippen LogP contribution in [0.2, 0.25) is 0 Å². The predicted molar refractivity (Wildman–Crippen MR) is 100 cm³/mol. The van der Waals surface area contributed by atoms with Crippen LogP contribution in [0.3, 0.4) is 0 Å². The molecule has 0 saturated carbocycles. The molecule has 0 atom stereocenters. The molecular weight excluding hydrogens is 390 g/mol. The zero-order chi connectivity index (χ0) is 20.1. The first kappa shape index (κ1) is 20.2. The predicted octanol–water partition coefficient (Wildman–Crippen LogP) is 3.71. The van der Waals surface area contributed by atoms with Crippen LogP contribution in [0.5, 0.6) is 5.75 Å². The number of alkyl halides is 2. The van der Waals surface area contributed by atoms with Crippen molar-refractivity contribution in [3.8, 4) is 5.75 Å². The van der Waals surface area contributed by atoms with E-state index < -0.39 is 22.5 Å². The number of carbonyl (C=O) groups excluding carboxylic acids is 1. The van der Waals surface area contributed by atoms with E-state index in [1.165, 1.54) is 40.7 Å². The Hall–Kier alpha value is -2.52. The third-order valence-electron chi connectivity index (χ3n) is 4.42. The molecule has 0 aliphatic carbocycles. The molecule has 1 N–H and O–H groups in total. The zero-order valence-corrected chi connectivity index (χ0v) is 15.8. The Bertz CT molecular complexity index is 944. The quantitative estimate of drug-likeness (QED) is 0.788. The van der Waals surface area contributed by atoms with Gasteiger partial charge in [-0.15, -0.1) is 0 Å². The smallest absolute Gasteiger partial charge is 0.387 e. The van der Waals surface area contributed by atoms with Crippen LogP contribution < -0.4 is 10.1 Å². The SMILES string of the molecule is O=C(Nc1ccccc1S(=O)(=O)N1CCCCC1)c1ccccc1OC(F)F. The van der Waals surface area contributed by atoms with E-state index in [9.17, 15) is 22.0 Å². The normalized spacial score (nSPS) is 15.4. The molecule has 1 heterocycles. The van der Waals surface area contributed by atoms with Crippen LogP contribution >= 0.6 is 0 Å². The van der Waals surface area contributed by atoms with Gasteiger partial charge in [-0.05, 0) is 37.1 Å². The first-order valence-corrected chi connectivity index (χ1v) is 10.3. The highest BCUT2D eigenvalue weighted by Gasteiger charge is 2.29. The lowest BCUT2D eigenvalue weighted by Crippen LogP contribution is -2.36. The van der Waals surface area contributed by atoms with Crippen molar-refractivity contribution in [3.63, 3.8) is 0 Å². The van der Waals surface area contributed by atoms with Crippen LogP contribution in [0.25, 0.3) is 0 Å². The van der Waals surface area contributed by atoms with Gasteiger partial charge in [0.1, 0.15) is 10.6 Å². The molecule has 0 unspecified atom stereocenters. The molecule has 0 aromatic heterocycles. The highest BCUT2D eigenvalue weighted by atomic mass is 32.2. The number of hydrogen-bond donors (Lipinski definition) is 1. The van der Waals surface area contributed by atoms with Gasteiger partial charge in [0.15, 0.2) is 0 Å². The molecule has 1 aliphatic heterocycles. The van der Waals surface area contributed by atoms with Crippen LogP contribution in [-0.2, 0) is 10.0 Å². The lowest BCUT2D eigenvalue weighted by molar-refractivity contribution is -0.0501. The molecule has 28 heavy (non-hydrogen) atoms. The second-order valence-corrected chi connectivity index (χ2v) is 8.20. The van der Waals surface area contributed by atoms with E-state index in [0.29, 0.717) is 13.1 Å². The molecular formula is C19H20F2N2O4S. The maximum Gasteiger partial charge on any atom is 0.387 e. The van der Waals surface area contributed by atoms with Gasteiger partial charge in [0.2, 0.25) is 10.0 Å². The van der Waals surface area contributed by atoms with Crippen molar-refractivity contribution in [3.05, 3.63) is 54.1 Å². The first-order valence-electron chi connectivity index (χ1n) is 8.84. The minimum Gasteiger partial charge on any atom is -0.434 e. The molecule has 1 saturated heterocycles. The fraction of sp³-hybridized carbons (Fsp3) is 0.316. The Labute approximate surface area is 162 Å². The molecule has 0 spiro atoms. The van der Waals surface area contributed by atoms with E-state index in [0.717, 1.165) is 19.3 Å². The topological polar surface area (TPSA) is 75.7 Å². The Morgan fingerprint density at radius 3 is 2.36 bits per heavy atom. The fourth-order valence-corrected chi connectivity index (χ4v) is 4.75. The number of piperidine rings is 1. The molecule has 1 amide bonds. The number of sulfonamides is 1. The lowest BCUT2D eigenvalue weighted by Gasteiger charge is -2.26. The summed E-state index contributed by atoms with van der Waals surface area (Å²) in [6.07, 6.45) is 2.55. The van der Waals surface area contributed by atoms with Crippen molar-refractivity contribution in [2.75, 3.05) is 18.4 Å². The Kier molecular flexibility index (Phi) is 6.25. The minimum absolute atomic E-state index is 0.0301. The van der Waals surface area contributed by atoms with Crippen molar-refractivity contribution in [2.45, 2.75) is 30.8 Å². The van der Waals surface area contributed by atoms with E-state index in [2.05, 4.69) is 10.1 Å². The monoisotopic (exact) mass is 410 g/mol. The van der Waals surface area contributed by atoms with Crippen LogP contribution in [-0.4, -0.2) is 38.3 Å². The zero-order valence-electron chi connectivity index (χ0n) is 15.0. The molecule has 0 bridgehead atoms. The Morgan fingerprint density at radius 2 is 1.64 bits per heavy atom. The highest BCUT2D eigenvalue weighted by molar-refractivity contribution is 7.89. The standard InChI is InChI=1S/C19H20F2N2O4S/c20-19(21)27-16-10-4-2-8-14(16)18(24)22-15-9-3-5-11-17(15)28(25,26)23-12-6-1-7-13-23/h2-5,8-11,19H,1,6-7,12-13H2,(H,22,24). The lowest BCUT2D eigenvalue weighted by atomic mass is 10.2. The number of halogens is 2. The summed E-state index contributed by atoms with van der Waals surface area (Å²) in [5.74, 6) is -1.02. The molecule has 1 fully saturated rings. The van der Waals surface area contributed by atoms with Gasteiger partial charge in [-0.1, -0.05) is 30.7 Å². The summed E-state index contributed by atoms with van der Waals surface area (Å²) in [4.78, 5) is 12.6. The maximum atomic E-state index is 13.0. The number of carbonyl (C=O) groups is 1. The van der Waals surface area contributed by atoms with Gasteiger partial charge < -0.3 is 10.1 Å². The van der Waals surface area contributed by atoms with Gasteiger partial charge in [-0.3, -0.25) is 4.79 Å². The van der Waals surface area contributed by atoms with Gasteiger partial charge in [0, 0.05) is 13.1 Å². The van der Waals surface area contributed by atoms with Crippen molar-refractivity contribution < 1.29 is 26.7 Å². The average Bonchev–Trinajstić information content (AvgIpc) is 2.69. The molecule has 0 radical (unpaired) electrons. The largest absolute Gasteiger partial charge is 0.434 e. The average molecular weight is 410 g/mol. The van der Waals surface area contributed by atoms with E-state index in [4.69, 9.17) is 0 Å². The molecule has 150 valence electrons. The number of nitrogens with one attached hydrogen (secondary N) is 1. The van der Waals surface area contributed by atoms with Crippen molar-refractivity contribution in [1.82, 2.24) is 4.31 Å². The number of para-hydroxylation sites is 2. The third kappa shape index (κ3) is 4.48. The number of anilines is 1. The van der Waals surface area contributed by atoms with Crippen LogP contribution in [0.1, 0.15) is 29.6 Å². The molecule has 3 rings (SSSR count). The number of benzene rings is 2. The van der Waals surface area contributed by atoms with E-state index in [1.807, 2.05) is 0 Å². The van der Waals surface area contributed by atoms with Crippen molar-refractivity contribution in [2.24, 2.45) is 0 Å². The minimum atomic E-state index is -3.78. The molecule has 1 aliphatic rings. The second-order valence-electron chi connectivity index (χ2n) is 6.29. The first-order chi connectivity index (χ1) is 13.4. The van der Waals surface area contributed by atoms with Crippen LogP contribution in [0.4, 0.5) is 14.5 Å². The summed E-state index contributed by atoms with van der Waals surface area (Å²) in [7, 11) is -3.78. The highest BCUT2D eigenvalue weighted by Crippen LogP contribution is 2.28. The number of ether oxygens (including phenoxy) is 1. The molecule has 2 aromatic rings. The molecule has 9 heteroatoms. The van der Waals surface area contributed by atoms with E-state index in [1.54, 1.807) is 12.1 Å². The summed E-state index contributed by atoms with van der Waals surface area (Å²) in [6, 6.07) is 11.6. The van der Waals surface area contributed by atoms with Crippen molar-refractivity contribution >= 4 is 21.6 Å². The number of nitrogens with zero attached hydrogens (tertiary/aromatic N) is 1. The maximum absolute atomic E-state index is 13.0. The summed E-state index contributed by atoms with van der Waals surface area (Å²) in [5.41, 5.74) is -0.0297. The van der Waals surface area contributed by atoms with E-state index in [-0.39, 0.29) is 21.9 Å². The number of amides is 1. The number of hydrogen-bond acceptors (Lipinski definition) is 4. The summed E-state index contributed by atoms with van der Waals surface area (Å²) in [6.45, 7) is -2.23. The van der Waals surface area contributed by atoms with Gasteiger partial charge in [0.25, 0.3) is 5.91 Å². The summed E-state index contributed by atoms with van der Waals surface area (Å²) < 4.78 is 56.9. The van der Waals surface area contributed by atoms with Crippen LogP contribution in [0.15, 0.2) is 53.4 Å². The second kappa shape index (κ2) is 8.66. The molecule has 6 nitrogen and oxygen atoms in total. The van der Waals surface area contributed by atoms with Crippen LogP contribution in [0, 0.1) is 0 Å². The summed E-state index contributed by atoms with van der Waals surface area (Å²) in [5, 5.41) is 2.52. The van der Waals surface area contributed by atoms with E-state index >= 15 is 0 Å². The fourth-order valence-electron chi connectivity index (χ4n) is 3.08. The Balaban J connectivity index is 1.89. The Morgan fingerprint density at radius 1 is 1.00 bits per heavy atom. The van der Waals surface area contributed by atoms with Gasteiger partial charge in [0.05, 0.1) is 11.3 Å². The van der Waals surface area contributed by atoms with Gasteiger partial charge in [-0.2, -0.15) is 13.1 Å². The number of rotatable bonds is 6. The van der Waals surface area contributed by atoms with Gasteiger partial charge >= 0.3 is 6.61 Å². The molecule has 2 aromatic carbocycles. The summed E-state index contributed by atoms with van der Waals surface area (Å²) >= 11 is 0. The van der Waals surface area contributed by atoms with Gasteiger partial charge in [-0.25, -0.2) is 8.42 Å². The third-order valence-corrected chi connectivity index (χ3v) is 6.37.